The molecule has 0 saturated carbocycles. The van der Waals surface area contributed by atoms with E-state index in [-0.39, 0.29) is 6.67 Å². The van der Waals surface area contributed by atoms with Crippen molar-refractivity contribution in [2.45, 2.75) is 17.5 Å². The predicted molar refractivity (Wildman–Crippen MR) is 74.1 cm³/mol. The molecule has 1 fully saturated rings. The van der Waals surface area contributed by atoms with Crippen LogP contribution in [0, 0.1) is 5.21 Å². The summed E-state index contributed by atoms with van der Waals surface area (Å²) in [5.41, 5.74) is 0. The Hall–Kier alpha value is -0.510. The molecule has 0 aromatic carbocycles. The van der Waals surface area contributed by atoms with Gasteiger partial charge in [-0.1, -0.05) is 29.9 Å². The monoisotopic (exact) mass is 288 g/mol. The van der Waals surface area contributed by atoms with Crippen LogP contribution in [0.3, 0.4) is 0 Å². The third-order valence-electron chi connectivity index (χ3n) is 2.69. The Morgan fingerprint density at radius 3 is 3.17 bits per heavy atom. The van der Waals surface area contributed by atoms with Gasteiger partial charge in [-0.2, -0.15) is 0 Å². The van der Waals surface area contributed by atoms with Gasteiger partial charge in [0, 0.05) is 6.54 Å². The average molecular weight is 288 g/mol. The van der Waals surface area contributed by atoms with Crippen molar-refractivity contribution in [3.05, 3.63) is 17.9 Å². The average Bonchev–Trinajstić information content (AvgIpc) is 2.88. The smallest absolute Gasteiger partial charge is 0.310 e. The van der Waals surface area contributed by atoms with Crippen LogP contribution < -0.4 is 4.65 Å². The summed E-state index contributed by atoms with van der Waals surface area (Å²) in [6.07, 6.45) is 0.721. The van der Waals surface area contributed by atoms with Gasteiger partial charge in [0.2, 0.25) is 6.23 Å². The highest BCUT2D eigenvalue weighted by Gasteiger charge is 2.42. The molecule has 8 heteroatoms. The molecule has 1 aliphatic heterocycles. The van der Waals surface area contributed by atoms with Gasteiger partial charge in [-0.3, -0.25) is 4.65 Å². The molecule has 1 N–H and O–H groups in total. The Kier molecular flexibility index (Phi) is 4.36. The van der Waals surface area contributed by atoms with E-state index < -0.39 is 10.9 Å². The van der Waals surface area contributed by atoms with Crippen molar-refractivity contribution in [3.8, 4) is 0 Å². The summed E-state index contributed by atoms with van der Waals surface area (Å²) in [6.45, 7) is 6.78. The molecule has 2 rings (SSSR count). The van der Waals surface area contributed by atoms with Gasteiger partial charge >= 0.3 is 5.13 Å². The highest BCUT2D eigenvalue weighted by molar-refractivity contribution is 8.01. The Morgan fingerprint density at radius 1 is 1.72 bits per heavy atom. The van der Waals surface area contributed by atoms with Crippen LogP contribution in [-0.4, -0.2) is 51.9 Å². The van der Waals surface area contributed by atoms with Gasteiger partial charge in [-0.15, -0.1) is 11.7 Å². The van der Waals surface area contributed by atoms with Gasteiger partial charge in [0.1, 0.15) is 6.67 Å². The SMILES string of the molecule is C=CCN1CC(O)[N+]([O-])(c2nnc(SCC)s2)C1. The molecular weight excluding hydrogens is 272 g/mol. The van der Waals surface area contributed by atoms with E-state index in [1.807, 2.05) is 11.8 Å². The van der Waals surface area contributed by atoms with Gasteiger partial charge < -0.3 is 10.3 Å². The molecule has 100 valence electrons. The normalized spacial score (nSPS) is 28.7. The fraction of sp³-hybridized carbons (Fsp3) is 0.600. The summed E-state index contributed by atoms with van der Waals surface area (Å²) in [6, 6.07) is 0. The molecule has 2 unspecified atom stereocenters. The second-order valence-electron chi connectivity index (χ2n) is 4.03. The van der Waals surface area contributed by atoms with E-state index >= 15 is 0 Å². The van der Waals surface area contributed by atoms with E-state index in [1.54, 1.807) is 17.8 Å². The molecule has 0 amide bonds. The second-order valence-corrected chi connectivity index (χ2v) is 6.49. The number of rotatable bonds is 5. The number of hydrogen-bond acceptors (Lipinski definition) is 7. The minimum absolute atomic E-state index is 0.193. The zero-order valence-corrected chi connectivity index (χ0v) is 11.8. The summed E-state index contributed by atoms with van der Waals surface area (Å²) >= 11 is 2.82. The molecule has 0 spiro atoms. The Balaban J connectivity index is 2.16. The van der Waals surface area contributed by atoms with Crippen molar-refractivity contribution in [2.24, 2.45) is 0 Å². The molecular formula is C10H16N4O2S2. The highest BCUT2D eigenvalue weighted by Crippen LogP contribution is 2.35. The Morgan fingerprint density at radius 2 is 2.50 bits per heavy atom. The standard InChI is InChI=1S/C10H16N4O2S2/c1-3-5-13-6-8(15)14(16,7-13)9-11-12-10(18-9)17-4-2/h3,8,15H,1,4-7H2,2H3. The second kappa shape index (κ2) is 5.64. The first kappa shape index (κ1) is 13.9. The number of hydrogen-bond donors (Lipinski definition) is 1. The zero-order valence-electron chi connectivity index (χ0n) is 10.2. The van der Waals surface area contributed by atoms with Crippen LogP contribution in [0.5, 0.6) is 0 Å². The lowest BCUT2D eigenvalue weighted by molar-refractivity contribution is 0.0844. The summed E-state index contributed by atoms with van der Waals surface area (Å²) in [5, 5.41) is 30.8. The van der Waals surface area contributed by atoms with Crippen molar-refractivity contribution < 1.29 is 5.11 Å². The molecule has 1 saturated heterocycles. The van der Waals surface area contributed by atoms with E-state index in [1.165, 1.54) is 11.3 Å². The Bertz CT molecular complexity index is 428. The van der Waals surface area contributed by atoms with Crippen LogP contribution in [0.25, 0.3) is 0 Å². The summed E-state index contributed by atoms with van der Waals surface area (Å²) in [5.74, 6) is 0.888. The van der Waals surface area contributed by atoms with Gasteiger partial charge in [-0.25, -0.2) is 4.90 Å². The number of hydroxylamine groups is 2. The van der Waals surface area contributed by atoms with Crippen LogP contribution in [0.15, 0.2) is 17.0 Å². The zero-order chi connectivity index (χ0) is 13.2. The van der Waals surface area contributed by atoms with Gasteiger partial charge in [0.05, 0.1) is 6.54 Å². The lowest BCUT2D eigenvalue weighted by Gasteiger charge is -2.36. The van der Waals surface area contributed by atoms with Crippen LogP contribution in [0.4, 0.5) is 5.13 Å². The first-order valence-corrected chi connectivity index (χ1v) is 7.47. The van der Waals surface area contributed by atoms with Crippen LogP contribution in [-0.2, 0) is 0 Å². The van der Waals surface area contributed by atoms with E-state index in [0.717, 1.165) is 10.1 Å². The van der Waals surface area contributed by atoms with E-state index in [4.69, 9.17) is 0 Å². The molecule has 1 aromatic rings. The molecule has 0 radical (unpaired) electrons. The minimum Gasteiger partial charge on any atom is -0.623 e. The molecule has 0 aliphatic carbocycles. The van der Waals surface area contributed by atoms with Crippen molar-refractivity contribution >= 4 is 28.2 Å². The first-order chi connectivity index (χ1) is 8.60. The van der Waals surface area contributed by atoms with Crippen molar-refractivity contribution in [1.29, 1.82) is 0 Å². The lowest BCUT2D eigenvalue weighted by Crippen LogP contribution is -2.48. The largest absolute Gasteiger partial charge is 0.623 e. The maximum absolute atomic E-state index is 12.6. The van der Waals surface area contributed by atoms with E-state index in [0.29, 0.717) is 18.2 Å². The topological polar surface area (TPSA) is 72.3 Å². The summed E-state index contributed by atoms with van der Waals surface area (Å²) < 4.78 is -0.0503. The van der Waals surface area contributed by atoms with Crippen LogP contribution in [0.1, 0.15) is 6.92 Å². The molecule has 0 bridgehead atoms. The highest BCUT2D eigenvalue weighted by atomic mass is 32.2. The number of aliphatic hydroxyl groups is 1. The van der Waals surface area contributed by atoms with E-state index in [2.05, 4.69) is 16.8 Å². The fourth-order valence-corrected chi connectivity index (χ4v) is 3.66. The van der Waals surface area contributed by atoms with E-state index in [9.17, 15) is 10.3 Å². The molecule has 2 atom stereocenters. The Labute approximate surface area is 114 Å². The van der Waals surface area contributed by atoms with Crippen LogP contribution in [0.2, 0.25) is 0 Å². The number of thioether (sulfide) groups is 1. The first-order valence-electron chi connectivity index (χ1n) is 5.67. The fourth-order valence-electron chi connectivity index (χ4n) is 1.85. The maximum Gasteiger partial charge on any atom is 0.310 e. The van der Waals surface area contributed by atoms with Gasteiger partial charge in [-0.05, 0) is 17.1 Å². The number of nitrogens with zero attached hydrogens (tertiary/aromatic N) is 4. The van der Waals surface area contributed by atoms with Crippen LogP contribution >= 0.6 is 23.1 Å². The molecule has 2 heterocycles. The minimum atomic E-state index is -1.00. The predicted octanol–water partition coefficient (Wildman–Crippen LogP) is 1.23. The molecule has 18 heavy (non-hydrogen) atoms. The third kappa shape index (κ3) is 2.58. The molecule has 6 nitrogen and oxygen atoms in total. The van der Waals surface area contributed by atoms with Crippen molar-refractivity contribution in [1.82, 2.24) is 19.7 Å². The lowest BCUT2D eigenvalue weighted by atomic mass is 10.5. The number of aliphatic hydroxyl groups excluding tert-OH is 1. The molecule has 1 aliphatic rings. The molecule has 1 aromatic heterocycles. The number of quaternary nitrogens is 1. The van der Waals surface area contributed by atoms with Gasteiger partial charge in [0.15, 0.2) is 4.34 Å². The summed E-state index contributed by atoms with van der Waals surface area (Å²) in [4.78, 5) is 1.86. The van der Waals surface area contributed by atoms with Crippen molar-refractivity contribution in [2.75, 3.05) is 25.5 Å². The van der Waals surface area contributed by atoms with Gasteiger partial charge in [0.25, 0.3) is 0 Å². The summed E-state index contributed by atoms with van der Waals surface area (Å²) in [7, 11) is 0. The quantitative estimate of drug-likeness (QED) is 0.380. The third-order valence-corrected chi connectivity index (χ3v) is 4.74. The number of β-amino-alcohol motifs (C(OH)–C–C–N with tert-alkyl or cyclic N) is 1. The van der Waals surface area contributed by atoms with Crippen molar-refractivity contribution in [3.63, 3.8) is 0 Å². The maximum atomic E-state index is 12.6. The number of aromatic nitrogens is 2.